The van der Waals surface area contributed by atoms with Crippen molar-refractivity contribution in [1.29, 1.82) is 0 Å². The van der Waals surface area contributed by atoms with Crippen LogP contribution >= 0.6 is 15.9 Å². The number of carbonyl (C=O) groups is 1. The second-order valence-corrected chi connectivity index (χ2v) is 6.45. The van der Waals surface area contributed by atoms with Crippen LogP contribution in [0.5, 0.6) is 0 Å². The van der Waals surface area contributed by atoms with Crippen LogP contribution < -0.4 is 5.73 Å². The minimum absolute atomic E-state index is 0.157. The van der Waals surface area contributed by atoms with E-state index >= 15 is 0 Å². The maximum Gasteiger partial charge on any atom is 0.192 e. The van der Waals surface area contributed by atoms with Gasteiger partial charge in [-0.05, 0) is 52.9 Å². The second kappa shape index (κ2) is 5.30. The zero-order chi connectivity index (χ0) is 15.0. The molecule has 1 saturated carbocycles. The molecule has 0 spiro atoms. The Bertz CT molecular complexity index is 671. The van der Waals surface area contributed by atoms with Gasteiger partial charge >= 0.3 is 0 Å². The molecule has 0 bridgehead atoms. The van der Waals surface area contributed by atoms with E-state index in [1.54, 1.807) is 6.20 Å². The number of rotatable bonds is 5. The predicted molar refractivity (Wildman–Crippen MR) is 86.3 cm³/mol. The van der Waals surface area contributed by atoms with Crippen LogP contribution in [0.2, 0.25) is 0 Å². The van der Waals surface area contributed by atoms with E-state index in [1.165, 1.54) is 0 Å². The van der Waals surface area contributed by atoms with Crippen molar-refractivity contribution < 1.29 is 4.79 Å². The van der Waals surface area contributed by atoms with Crippen LogP contribution in [0, 0.1) is 0 Å². The van der Waals surface area contributed by atoms with E-state index in [2.05, 4.69) is 28.0 Å². The van der Waals surface area contributed by atoms with Crippen molar-refractivity contribution in [3.63, 3.8) is 0 Å². The number of aromatic nitrogens is 2. The lowest BCUT2D eigenvalue weighted by Gasteiger charge is -2.16. The Morgan fingerprint density at radius 3 is 2.62 bits per heavy atom. The van der Waals surface area contributed by atoms with Crippen molar-refractivity contribution in [1.82, 2.24) is 9.78 Å². The van der Waals surface area contributed by atoms with E-state index in [9.17, 15) is 4.79 Å². The van der Waals surface area contributed by atoms with Gasteiger partial charge in [0.05, 0.1) is 16.1 Å². The lowest BCUT2D eigenvalue weighted by molar-refractivity contribution is 0.0934. The maximum absolute atomic E-state index is 13.1. The number of nitrogen functional groups attached to an aromatic ring is 1. The van der Waals surface area contributed by atoms with Crippen LogP contribution in [-0.4, -0.2) is 15.6 Å². The molecular weight excluding hydrogens is 330 g/mol. The molecule has 0 radical (unpaired) electrons. The molecule has 110 valence electrons. The quantitative estimate of drug-likeness (QED) is 0.664. The largest absolute Gasteiger partial charge is 0.399 e. The van der Waals surface area contributed by atoms with Crippen molar-refractivity contribution in [2.75, 3.05) is 5.73 Å². The average Bonchev–Trinajstić information content (AvgIpc) is 3.20. The zero-order valence-electron chi connectivity index (χ0n) is 12.0. The first-order valence-electron chi connectivity index (χ1n) is 7.20. The average molecular weight is 348 g/mol. The number of hydrogen-bond acceptors (Lipinski definition) is 3. The maximum atomic E-state index is 13.1. The van der Waals surface area contributed by atoms with Crippen LogP contribution in [-0.2, 0) is 12.0 Å². The minimum Gasteiger partial charge on any atom is -0.399 e. The second-order valence-electron chi connectivity index (χ2n) is 5.60. The number of aryl methyl sites for hydroxylation is 1. The van der Waals surface area contributed by atoms with E-state index < -0.39 is 0 Å². The first-order chi connectivity index (χ1) is 10.1. The van der Waals surface area contributed by atoms with Gasteiger partial charge in [0.1, 0.15) is 5.69 Å². The highest BCUT2D eigenvalue weighted by molar-refractivity contribution is 9.10. The molecule has 0 aliphatic heterocycles. The summed E-state index contributed by atoms with van der Waals surface area (Å²) in [5.41, 5.74) is 7.82. The van der Waals surface area contributed by atoms with Crippen molar-refractivity contribution in [3.8, 4) is 0 Å². The standard InChI is InChI=1S/C16H18BrN3O/c1-2-9-20-14(13(17)10-19-20)15(21)16(7-8-16)11-3-5-12(18)6-4-11/h3-6,10H,2,7-9,18H2,1H3. The number of carbonyl (C=O) groups excluding carboxylic acids is 1. The van der Waals surface area contributed by atoms with E-state index in [1.807, 2.05) is 28.9 Å². The lowest BCUT2D eigenvalue weighted by atomic mass is 9.89. The van der Waals surface area contributed by atoms with Gasteiger partial charge in [-0.2, -0.15) is 5.10 Å². The summed E-state index contributed by atoms with van der Waals surface area (Å²) in [6.45, 7) is 2.83. The number of halogens is 1. The minimum atomic E-state index is -0.387. The lowest BCUT2D eigenvalue weighted by Crippen LogP contribution is -2.24. The van der Waals surface area contributed by atoms with E-state index in [4.69, 9.17) is 5.73 Å². The summed E-state index contributed by atoms with van der Waals surface area (Å²) in [5.74, 6) is 0.157. The predicted octanol–water partition coefficient (Wildman–Crippen LogP) is 3.55. The third kappa shape index (κ3) is 2.39. The van der Waals surface area contributed by atoms with Gasteiger partial charge in [0.2, 0.25) is 0 Å². The van der Waals surface area contributed by atoms with Gasteiger partial charge in [-0.25, -0.2) is 0 Å². The third-order valence-electron chi connectivity index (χ3n) is 4.09. The number of hydrogen-bond donors (Lipinski definition) is 1. The highest BCUT2D eigenvalue weighted by Crippen LogP contribution is 2.51. The van der Waals surface area contributed by atoms with Crippen LogP contribution in [0.15, 0.2) is 34.9 Å². The summed E-state index contributed by atoms with van der Waals surface area (Å²) in [7, 11) is 0. The van der Waals surface area contributed by atoms with Gasteiger partial charge in [-0.15, -0.1) is 0 Å². The van der Waals surface area contributed by atoms with Crippen molar-refractivity contribution in [2.24, 2.45) is 0 Å². The Morgan fingerprint density at radius 2 is 2.05 bits per heavy atom. The molecule has 1 aromatic carbocycles. The molecule has 2 aromatic rings. The summed E-state index contributed by atoms with van der Waals surface area (Å²) >= 11 is 3.47. The number of benzene rings is 1. The van der Waals surface area contributed by atoms with Gasteiger partial charge in [0, 0.05) is 12.2 Å². The van der Waals surface area contributed by atoms with E-state index in [-0.39, 0.29) is 11.2 Å². The number of ketones is 1. The summed E-state index contributed by atoms with van der Waals surface area (Å²) in [4.78, 5) is 13.1. The van der Waals surface area contributed by atoms with Crippen molar-refractivity contribution in [2.45, 2.75) is 38.1 Å². The van der Waals surface area contributed by atoms with Crippen LogP contribution in [0.4, 0.5) is 5.69 Å². The smallest absolute Gasteiger partial charge is 0.192 e. The van der Waals surface area contributed by atoms with Crippen LogP contribution in [0.25, 0.3) is 0 Å². The van der Waals surface area contributed by atoms with Gasteiger partial charge in [0.15, 0.2) is 5.78 Å². The number of anilines is 1. The molecule has 21 heavy (non-hydrogen) atoms. The first kappa shape index (κ1) is 14.3. The van der Waals surface area contributed by atoms with Gasteiger partial charge < -0.3 is 5.73 Å². The Kier molecular flexibility index (Phi) is 3.61. The number of nitrogens with two attached hydrogens (primary N) is 1. The number of Topliss-reactive ketones (excluding diaryl/α,β-unsaturated/α-hetero) is 1. The molecule has 1 aliphatic carbocycles. The fraction of sp³-hybridized carbons (Fsp3) is 0.375. The first-order valence-corrected chi connectivity index (χ1v) is 8.00. The molecule has 5 heteroatoms. The summed E-state index contributed by atoms with van der Waals surface area (Å²) in [6, 6.07) is 7.66. The Balaban J connectivity index is 1.98. The molecule has 1 aromatic heterocycles. The molecule has 3 rings (SSSR count). The van der Waals surface area contributed by atoms with Crippen LogP contribution in [0.1, 0.15) is 42.2 Å². The molecular formula is C16H18BrN3O. The van der Waals surface area contributed by atoms with E-state index in [0.29, 0.717) is 5.69 Å². The van der Waals surface area contributed by atoms with Gasteiger partial charge in [0.25, 0.3) is 0 Å². The summed E-state index contributed by atoms with van der Waals surface area (Å²) in [6.07, 6.45) is 4.43. The van der Waals surface area contributed by atoms with E-state index in [0.717, 1.165) is 41.5 Å². The number of nitrogens with zero attached hydrogens (tertiary/aromatic N) is 2. The molecule has 0 unspecified atom stereocenters. The zero-order valence-corrected chi connectivity index (χ0v) is 13.6. The highest BCUT2D eigenvalue weighted by atomic mass is 79.9. The van der Waals surface area contributed by atoms with Gasteiger partial charge in [-0.1, -0.05) is 19.1 Å². The summed E-state index contributed by atoms with van der Waals surface area (Å²) in [5, 5.41) is 4.30. The van der Waals surface area contributed by atoms with Crippen LogP contribution in [0.3, 0.4) is 0 Å². The summed E-state index contributed by atoms with van der Waals surface area (Å²) < 4.78 is 2.59. The molecule has 1 heterocycles. The topological polar surface area (TPSA) is 60.9 Å². The van der Waals surface area contributed by atoms with Gasteiger partial charge in [-0.3, -0.25) is 9.48 Å². The third-order valence-corrected chi connectivity index (χ3v) is 4.67. The molecule has 2 N–H and O–H groups in total. The molecule has 0 amide bonds. The fourth-order valence-electron chi connectivity index (χ4n) is 2.77. The SMILES string of the molecule is CCCn1ncc(Br)c1C(=O)C1(c2ccc(N)cc2)CC1. The molecule has 0 atom stereocenters. The monoisotopic (exact) mass is 347 g/mol. The molecule has 1 aliphatic rings. The fourth-order valence-corrected chi connectivity index (χ4v) is 3.25. The highest BCUT2D eigenvalue weighted by Gasteiger charge is 2.52. The molecule has 1 fully saturated rings. The molecule has 4 nitrogen and oxygen atoms in total. The van der Waals surface area contributed by atoms with Crippen molar-refractivity contribution in [3.05, 3.63) is 46.2 Å². The normalized spacial score (nSPS) is 15.9. The Hall–Kier alpha value is -1.62. The molecule has 0 saturated heterocycles. The Labute approximate surface area is 132 Å². The van der Waals surface area contributed by atoms with Crippen molar-refractivity contribution >= 4 is 27.4 Å². The Morgan fingerprint density at radius 1 is 1.38 bits per heavy atom.